The number of aromatic nitrogens is 2. The molecule has 9 heteroatoms. The number of carbonyl (C=O) groups is 1. The van der Waals surface area contributed by atoms with Gasteiger partial charge in [-0.2, -0.15) is 0 Å². The molecule has 0 radical (unpaired) electrons. The predicted octanol–water partition coefficient (Wildman–Crippen LogP) is 1.34. The van der Waals surface area contributed by atoms with E-state index in [-0.39, 0.29) is 18.3 Å². The third-order valence-corrected chi connectivity index (χ3v) is 4.25. The highest BCUT2D eigenvalue weighted by molar-refractivity contribution is 5.94. The number of nitrogens with one attached hydrogen (secondary N) is 2. The summed E-state index contributed by atoms with van der Waals surface area (Å²) >= 11 is 0. The van der Waals surface area contributed by atoms with Gasteiger partial charge in [0.15, 0.2) is 5.96 Å². The van der Waals surface area contributed by atoms with Gasteiger partial charge in [-0.25, -0.2) is 19.4 Å². The standard InChI is InChI=1S/C19H24FN7O/c1-2-21-18(24-14-17(28)25-16-6-4-15(20)5-7-16)26-10-12-27(13-11-26)19-22-8-3-9-23-19/h3-9H,2,10-14H2,1H3,(H,21,24)(H,25,28). The number of benzene rings is 1. The van der Waals surface area contributed by atoms with Crippen molar-refractivity contribution >= 4 is 23.5 Å². The number of carbonyl (C=O) groups excluding carboxylic acids is 1. The van der Waals surface area contributed by atoms with Crippen LogP contribution in [0.3, 0.4) is 0 Å². The summed E-state index contributed by atoms with van der Waals surface area (Å²) in [5.74, 6) is 0.831. The normalized spacial score (nSPS) is 14.7. The van der Waals surface area contributed by atoms with E-state index in [1.54, 1.807) is 18.5 Å². The lowest BCUT2D eigenvalue weighted by molar-refractivity contribution is -0.114. The van der Waals surface area contributed by atoms with Crippen LogP contribution < -0.4 is 15.5 Å². The van der Waals surface area contributed by atoms with Gasteiger partial charge in [0.1, 0.15) is 12.4 Å². The zero-order valence-corrected chi connectivity index (χ0v) is 15.8. The van der Waals surface area contributed by atoms with E-state index in [1.165, 1.54) is 24.3 Å². The summed E-state index contributed by atoms with van der Waals surface area (Å²) < 4.78 is 12.9. The van der Waals surface area contributed by atoms with Crippen molar-refractivity contribution in [3.8, 4) is 0 Å². The molecule has 0 saturated carbocycles. The second-order valence-electron chi connectivity index (χ2n) is 6.25. The van der Waals surface area contributed by atoms with Crippen LogP contribution in [0.15, 0.2) is 47.7 Å². The number of hydrogen-bond donors (Lipinski definition) is 2. The van der Waals surface area contributed by atoms with Gasteiger partial charge in [-0.05, 0) is 37.3 Å². The molecule has 2 N–H and O–H groups in total. The number of amides is 1. The highest BCUT2D eigenvalue weighted by Crippen LogP contribution is 2.10. The fourth-order valence-corrected chi connectivity index (χ4v) is 2.88. The topological polar surface area (TPSA) is 85.8 Å². The first-order valence-corrected chi connectivity index (χ1v) is 9.26. The zero-order chi connectivity index (χ0) is 19.8. The van der Waals surface area contributed by atoms with Crippen molar-refractivity contribution in [1.29, 1.82) is 0 Å². The van der Waals surface area contributed by atoms with Crippen LogP contribution in [-0.2, 0) is 4.79 Å². The summed E-state index contributed by atoms with van der Waals surface area (Å²) in [6.07, 6.45) is 3.47. The molecule has 1 aromatic carbocycles. The monoisotopic (exact) mass is 385 g/mol. The predicted molar refractivity (Wildman–Crippen MR) is 107 cm³/mol. The lowest BCUT2D eigenvalue weighted by atomic mass is 10.3. The van der Waals surface area contributed by atoms with E-state index < -0.39 is 0 Å². The average molecular weight is 385 g/mol. The molecule has 0 aliphatic carbocycles. The minimum absolute atomic E-state index is 0.0122. The molecule has 2 heterocycles. The van der Waals surface area contributed by atoms with Crippen molar-refractivity contribution in [2.75, 3.05) is 49.5 Å². The Balaban J connectivity index is 1.55. The molecule has 0 bridgehead atoms. The third-order valence-electron chi connectivity index (χ3n) is 4.25. The number of piperazine rings is 1. The lowest BCUT2D eigenvalue weighted by Gasteiger charge is -2.36. The van der Waals surface area contributed by atoms with Crippen molar-refractivity contribution in [2.24, 2.45) is 4.99 Å². The number of aliphatic imine (C=N–C) groups is 1. The van der Waals surface area contributed by atoms with Crippen LogP contribution in [0.1, 0.15) is 6.92 Å². The van der Waals surface area contributed by atoms with E-state index >= 15 is 0 Å². The first-order valence-electron chi connectivity index (χ1n) is 9.26. The van der Waals surface area contributed by atoms with Gasteiger partial charge in [0.25, 0.3) is 0 Å². The third kappa shape index (κ3) is 5.38. The van der Waals surface area contributed by atoms with E-state index in [9.17, 15) is 9.18 Å². The second kappa shape index (κ2) is 9.63. The first kappa shape index (κ1) is 19.5. The van der Waals surface area contributed by atoms with E-state index in [4.69, 9.17) is 0 Å². The number of halogens is 1. The van der Waals surface area contributed by atoms with Crippen LogP contribution in [0, 0.1) is 5.82 Å². The molecule has 1 aromatic heterocycles. The number of guanidine groups is 1. The quantitative estimate of drug-likeness (QED) is 0.597. The smallest absolute Gasteiger partial charge is 0.246 e. The molecule has 2 aromatic rings. The SMILES string of the molecule is CCNC(=NCC(=O)Nc1ccc(F)cc1)N1CCN(c2ncccn2)CC1. The van der Waals surface area contributed by atoms with Crippen molar-refractivity contribution < 1.29 is 9.18 Å². The number of hydrogen-bond acceptors (Lipinski definition) is 5. The summed E-state index contributed by atoms with van der Waals surface area (Å²) in [7, 11) is 0. The van der Waals surface area contributed by atoms with Gasteiger partial charge in [0.05, 0.1) is 0 Å². The van der Waals surface area contributed by atoms with Crippen molar-refractivity contribution in [1.82, 2.24) is 20.2 Å². The lowest BCUT2D eigenvalue weighted by Crippen LogP contribution is -2.53. The Morgan fingerprint density at radius 2 is 1.82 bits per heavy atom. The van der Waals surface area contributed by atoms with Gasteiger partial charge in [0.2, 0.25) is 11.9 Å². The summed E-state index contributed by atoms with van der Waals surface area (Å²) in [5, 5.41) is 5.94. The fraction of sp³-hybridized carbons (Fsp3) is 0.368. The van der Waals surface area contributed by atoms with Crippen LogP contribution in [0.2, 0.25) is 0 Å². The van der Waals surface area contributed by atoms with E-state index in [0.717, 1.165) is 32.1 Å². The maximum Gasteiger partial charge on any atom is 0.246 e. The zero-order valence-electron chi connectivity index (χ0n) is 15.8. The van der Waals surface area contributed by atoms with Crippen LogP contribution in [0.25, 0.3) is 0 Å². The van der Waals surface area contributed by atoms with Gasteiger partial charge in [-0.3, -0.25) is 4.79 Å². The highest BCUT2D eigenvalue weighted by atomic mass is 19.1. The largest absolute Gasteiger partial charge is 0.357 e. The summed E-state index contributed by atoms with van der Waals surface area (Å²) in [5.41, 5.74) is 0.545. The molecule has 148 valence electrons. The average Bonchev–Trinajstić information content (AvgIpc) is 2.73. The van der Waals surface area contributed by atoms with E-state index in [2.05, 4.69) is 35.4 Å². The molecule has 8 nitrogen and oxygen atoms in total. The first-order chi connectivity index (χ1) is 13.7. The van der Waals surface area contributed by atoms with E-state index in [1.807, 2.05) is 6.92 Å². The van der Waals surface area contributed by atoms with E-state index in [0.29, 0.717) is 18.2 Å². The maximum absolute atomic E-state index is 12.9. The Kier molecular flexibility index (Phi) is 6.72. The van der Waals surface area contributed by atoms with Gasteiger partial charge in [0, 0.05) is 50.8 Å². The van der Waals surface area contributed by atoms with Crippen molar-refractivity contribution in [3.05, 3.63) is 48.5 Å². The minimum atomic E-state index is -0.342. The Morgan fingerprint density at radius 1 is 1.14 bits per heavy atom. The molecule has 1 fully saturated rings. The second-order valence-corrected chi connectivity index (χ2v) is 6.25. The Labute approximate surface area is 163 Å². The van der Waals surface area contributed by atoms with Gasteiger partial charge in [-0.1, -0.05) is 0 Å². The van der Waals surface area contributed by atoms with Crippen LogP contribution >= 0.6 is 0 Å². The molecular weight excluding hydrogens is 361 g/mol. The number of rotatable bonds is 5. The molecule has 1 aliphatic rings. The van der Waals surface area contributed by atoms with Crippen LogP contribution in [0.4, 0.5) is 16.0 Å². The Bertz CT molecular complexity index is 790. The van der Waals surface area contributed by atoms with Gasteiger partial charge in [-0.15, -0.1) is 0 Å². The van der Waals surface area contributed by atoms with Gasteiger partial charge < -0.3 is 20.4 Å². The molecular formula is C19H24FN7O. The molecule has 1 saturated heterocycles. The molecule has 28 heavy (non-hydrogen) atoms. The number of anilines is 2. The van der Waals surface area contributed by atoms with Crippen LogP contribution in [-0.4, -0.2) is 66.0 Å². The summed E-state index contributed by atoms with van der Waals surface area (Å²) in [4.78, 5) is 29.4. The fourth-order valence-electron chi connectivity index (χ4n) is 2.88. The Hall–Kier alpha value is -3.23. The summed E-state index contributed by atoms with van der Waals surface area (Å²) in [6, 6.07) is 7.45. The molecule has 3 rings (SSSR count). The van der Waals surface area contributed by atoms with Crippen molar-refractivity contribution in [2.45, 2.75) is 6.92 Å². The molecule has 1 amide bonds. The maximum atomic E-state index is 12.9. The van der Waals surface area contributed by atoms with Crippen LogP contribution in [0.5, 0.6) is 0 Å². The Morgan fingerprint density at radius 3 is 2.46 bits per heavy atom. The summed E-state index contributed by atoms with van der Waals surface area (Å²) in [6.45, 7) is 5.74. The minimum Gasteiger partial charge on any atom is -0.357 e. The highest BCUT2D eigenvalue weighted by Gasteiger charge is 2.21. The van der Waals surface area contributed by atoms with Gasteiger partial charge >= 0.3 is 0 Å². The van der Waals surface area contributed by atoms with Crippen molar-refractivity contribution in [3.63, 3.8) is 0 Å². The number of nitrogens with zero attached hydrogens (tertiary/aromatic N) is 5. The molecule has 0 unspecified atom stereocenters. The molecule has 0 atom stereocenters. The molecule has 0 spiro atoms. The molecule has 1 aliphatic heterocycles.